The third-order valence-corrected chi connectivity index (χ3v) is 3.44. The number of nitrogens with one attached hydrogen (secondary N) is 1. The Morgan fingerprint density at radius 2 is 2.30 bits per heavy atom. The predicted molar refractivity (Wildman–Crippen MR) is 76.8 cm³/mol. The Morgan fingerprint density at radius 3 is 2.95 bits per heavy atom. The van der Waals surface area contributed by atoms with Gasteiger partial charge in [-0.1, -0.05) is 23.4 Å². The van der Waals surface area contributed by atoms with Crippen molar-refractivity contribution in [1.82, 2.24) is 25.2 Å². The zero-order valence-electron chi connectivity index (χ0n) is 10.9. The topological polar surface area (TPSA) is 85.6 Å². The Bertz CT molecular complexity index is 585. The monoisotopic (exact) mass is 312 g/mol. The number of nitrogens with zero attached hydrogens (tertiary/aromatic N) is 5. The summed E-state index contributed by atoms with van der Waals surface area (Å²) < 4.78 is 1.67. The van der Waals surface area contributed by atoms with Crippen molar-refractivity contribution in [3.05, 3.63) is 23.4 Å². The quantitative estimate of drug-likeness (QED) is 0.850. The van der Waals surface area contributed by atoms with Crippen LogP contribution in [0.25, 0.3) is 0 Å². The second-order valence-corrected chi connectivity index (χ2v) is 5.58. The molecule has 2 aromatic heterocycles. The minimum atomic E-state index is -0.178. The second kappa shape index (κ2) is 6.67. The number of pyridine rings is 1. The molecule has 0 fully saturated rings. The number of anilines is 1. The third kappa shape index (κ3) is 3.91. The van der Waals surface area contributed by atoms with Crippen LogP contribution in [-0.2, 0) is 4.79 Å². The predicted octanol–water partition coefficient (Wildman–Crippen LogP) is 2.03. The normalized spacial score (nSPS) is 10.8. The minimum absolute atomic E-state index is 0.147. The second-order valence-electron chi connectivity index (χ2n) is 4.20. The lowest BCUT2D eigenvalue weighted by Gasteiger charge is -2.07. The average molecular weight is 313 g/mol. The fourth-order valence-electron chi connectivity index (χ4n) is 1.36. The number of carbonyl (C=O) groups excluding carboxylic acids is 1. The molecule has 0 spiro atoms. The molecule has 7 nitrogen and oxygen atoms in total. The van der Waals surface area contributed by atoms with Gasteiger partial charge in [0.25, 0.3) is 0 Å². The van der Waals surface area contributed by atoms with Gasteiger partial charge in [0.05, 0.1) is 16.8 Å². The average Bonchev–Trinajstić information content (AvgIpc) is 2.88. The van der Waals surface area contributed by atoms with Gasteiger partial charge in [0.2, 0.25) is 11.1 Å². The minimum Gasteiger partial charge on any atom is -0.310 e. The molecule has 2 aromatic rings. The number of tetrazole rings is 1. The molecular formula is C11H13ClN6OS. The molecule has 2 heterocycles. The van der Waals surface area contributed by atoms with Crippen LogP contribution < -0.4 is 5.32 Å². The summed E-state index contributed by atoms with van der Waals surface area (Å²) in [6.45, 7) is 3.94. The Kier molecular flexibility index (Phi) is 4.91. The van der Waals surface area contributed by atoms with Gasteiger partial charge in [0.1, 0.15) is 5.82 Å². The van der Waals surface area contributed by atoms with E-state index in [9.17, 15) is 4.79 Å². The van der Waals surface area contributed by atoms with E-state index in [-0.39, 0.29) is 17.7 Å². The molecule has 0 aliphatic carbocycles. The van der Waals surface area contributed by atoms with Gasteiger partial charge in [-0.15, -0.1) is 5.10 Å². The van der Waals surface area contributed by atoms with E-state index in [1.54, 1.807) is 16.8 Å². The number of thioether (sulfide) groups is 1. The van der Waals surface area contributed by atoms with Gasteiger partial charge >= 0.3 is 0 Å². The van der Waals surface area contributed by atoms with Crippen molar-refractivity contribution >= 4 is 35.1 Å². The van der Waals surface area contributed by atoms with Crippen molar-refractivity contribution in [3.63, 3.8) is 0 Å². The summed E-state index contributed by atoms with van der Waals surface area (Å²) in [5.41, 5.74) is 0. The van der Waals surface area contributed by atoms with Crippen molar-refractivity contribution in [2.75, 3.05) is 11.1 Å². The standard InChI is InChI=1S/C11H13ClN6OS/c1-7(2)18-11(15-16-17-18)20-6-10(19)14-9-4-3-8(12)5-13-9/h3-5,7H,6H2,1-2H3,(H,13,14,19). The molecule has 0 saturated heterocycles. The van der Waals surface area contributed by atoms with E-state index in [0.29, 0.717) is 16.0 Å². The van der Waals surface area contributed by atoms with Crippen LogP contribution in [0.2, 0.25) is 5.02 Å². The molecule has 0 bridgehead atoms. The first-order chi connectivity index (χ1) is 9.56. The molecule has 0 aromatic carbocycles. The smallest absolute Gasteiger partial charge is 0.236 e. The van der Waals surface area contributed by atoms with Crippen molar-refractivity contribution in [3.8, 4) is 0 Å². The highest BCUT2D eigenvalue weighted by Gasteiger charge is 2.12. The summed E-state index contributed by atoms with van der Waals surface area (Å²) in [6.07, 6.45) is 1.48. The van der Waals surface area contributed by atoms with E-state index < -0.39 is 0 Å². The first-order valence-electron chi connectivity index (χ1n) is 5.88. The number of rotatable bonds is 5. The van der Waals surface area contributed by atoms with Crippen LogP contribution in [0.15, 0.2) is 23.5 Å². The molecule has 20 heavy (non-hydrogen) atoms. The Hall–Kier alpha value is -1.67. The van der Waals surface area contributed by atoms with E-state index in [4.69, 9.17) is 11.6 Å². The lowest BCUT2D eigenvalue weighted by molar-refractivity contribution is -0.113. The summed E-state index contributed by atoms with van der Waals surface area (Å²) in [7, 11) is 0. The maximum atomic E-state index is 11.8. The number of carbonyl (C=O) groups is 1. The number of halogens is 1. The highest BCUT2D eigenvalue weighted by atomic mass is 35.5. The van der Waals surface area contributed by atoms with Crippen LogP contribution in [0.3, 0.4) is 0 Å². The molecule has 0 unspecified atom stereocenters. The summed E-state index contributed by atoms with van der Waals surface area (Å²) in [5, 5.41) is 15.1. The lowest BCUT2D eigenvalue weighted by Crippen LogP contribution is -2.15. The highest BCUT2D eigenvalue weighted by Crippen LogP contribution is 2.17. The highest BCUT2D eigenvalue weighted by molar-refractivity contribution is 7.99. The molecule has 0 saturated carbocycles. The van der Waals surface area contributed by atoms with Crippen LogP contribution in [0, 0.1) is 0 Å². The number of amides is 1. The van der Waals surface area contributed by atoms with Gasteiger partial charge in [0, 0.05) is 6.20 Å². The first-order valence-corrected chi connectivity index (χ1v) is 7.24. The van der Waals surface area contributed by atoms with Gasteiger partial charge in [0.15, 0.2) is 0 Å². The van der Waals surface area contributed by atoms with Crippen LogP contribution in [-0.4, -0.2) is 36.9 Å². The van der Waals surface area contributed by atoms with Gasteiger partial charge in [-0.2, -0.15) is 0 Å². The summed E-state index contributed by atoms with van der Waals surface area (Å²) >= 11 is 6.99. The van der Waals surface area contributed by atoms with Crippen molar-refractivity contribution in [2.24, 2.45) is 0 Å². The fraction of sp³-hybridized carbons (Fsp3) is 0.364. The van der Waals surface area contributed by atoms with Gasteiger partial charge in [-0.25, -0.2) is 9.67 Å². The molecular weight excluding hydrogens is 300 g/mol. The summed E-state index contributed by atoms with van der Waals surface area (Å²) in [4.78, 5) is 15.8. The molecule has 1 N–H and O–H groups in total. The van der Waals surface area contributed by atoms with Crippen LogP contribution in [0.4, 0.5) is 5.82 Å². The van der Waals surface area contributed by atoms with E-state index in [0.717, 1.165) is 0 Å². The van der Waals surface area contributed by atoms with Crippen molar-refractivity contribution in [1.29, 1.82) is 0 Å². The summed E-state index contributed by atoms with van der Waals surface area (Å²) in [6, 6.07) is 3.45. The zero-order valence-corrected chi connectivity index (χ0v) is 12.5. The molecule has 2 rings (SSSR count). The zero-order chi connectivity index (χ0) is 14.5. The molecule has 0 atom stereocenters. The maximum absolute atomic E-state index is 11.8. The first kappa shape index (κ1) is 14.7. The molecule has 0 aliphatic heterocycles. The van der Waals surface area contributed by atoms with Crippen molar-refractivity contribution < 1.29 is 4.79 Å². The molecule has 1 amide bonds. The summed E-state index contributed by atoms with van der Waals surface area (Å²) in [5.74, 6) is 0.490. The van der Waals surface area contributed by atoms with E-state index in [1.807, 2.05) is 13.8 Å². The lowest BCUT2D eigenvalue weighted by atomic mass is 10.4. The van der Waals surface area contributed by atoms with Crippen LogP contribution in [0.5, 0.6) is 0 Å². The Balaban J connectivity index is 1.89. The van der Waals surface area contributed by atoms with Crippen molar-refractivity contribution in [2.45, 2.75) is 25.0 Å². The van der Waals surface area contributed by atoms with Gasteiger partial charge in [-0.05, 0) is 36.4 Å². The van der Waals surface area contributed by atoms with Crippen LogP contribution in [0.1, 0.15) is 19.9 Å². The molecule has 0 aliphatic rings. The van der Waals surface area contributed by atoms with E-state index in [1.165, 1.54) is 18.0 Å². The number of hydrogen-bond acceptors (Lipinski definition) is 6. The van der Waals surface area contributed by atoms with Gasteiger partial charge < -0.3 is 5.32 Å². The van der Waals surface area contributed by atoms with Gasteiger partial charge in [-0.3, -0.25) is 4.79 Å². The molecule has 9 heteroatoms. The largest absolute Gasteiger partial charge is 0.310 e. The SMILES string of the molecule is CC(C)n1nnnc1SCC(=O)Nc1ccc(Cl)cn1. The number of aromatic nitrogens is 5. The Morgan fingerprint density at radius 1 is 1.50 bits per heavy atom. The third-order valence-electron chi connectivity index (χ3n) is 2.28. The van der Waals surface area contributed by atoms with Crippen LogP contribution >= 0.6 is 23.4 Å². The van der Waals surface area contributed by atoms with E-state index >= 15 is 0 Å². The Labute approximate surface area is 125 Å². The maximum Gasteiger partial charge on any atom is 0.236 e. The van der Waals surface area contributed by atoms with E-state index in [2.05, 4.69) is 25.8 Å². The molecule has 0 radical (unpaired) electrons. The molecule has 106 valence electrons. The fourth-order valence-corrected chi connectivity index (χ4v) is 2.28. The number of hydrogen-bond donors (Lipinski definition) is 1.